The fraction of sp³-hybridized carbons (Fsp3) is 0.400. The van der Waals surface area contributed by atoms with Crippen LogP contribution in [0.3, 0.4) is 0 Å². The van der Waals surface area contributed by atoms with Gasteiger partial charge in [-0.05, 0) is 92.9 Å². The summed E-state index contributed by atoms with van der Waals surface area (Å²) in [6.45, 7) is 16.4. The Morgan fingerprint density at radius 3 is 2.57 bits per heavy atom. The summed E-state index contributed by atoms with van der Waals surface area (Å²) in [4.78, 5) is 7.37. The molecule has 0 atom stereocenters. The minimum atomic E-state index is 0.389. The number of pyridine rings is 1. The first-order valence-corrected chi connectivity index (χ1v) is 12.7. The zero-order valence-electron chi connectivity index (χ0n) is 21.3. The summed E-state index contributed by atoms with van der Waals surface area (Å²) in [5.41, 5.74) is 9.57. The molecule has 3 heterocycles. The number of hydrogen-bond acceptors (Lipinski definition) is 4. The van der Waals surface area contributed by atoms with Gasteiger partial charge in [0.1, 0.15) is 0 Å². The molecule has 0 radical (unpaired) electrons. The van der Waals surface area contributed by atoms with E-state index in [-0.39, 0.29) is 0 Å². The van der Waals surface area contributed by atoms with Crippen molar-refractivity contribution in [3.05, 3.63) is 84.3 Å². The van der Waals surface area contributed by atoms with Gasteiger partial charge in [-0.2, -0.15) is 5.10 Å². The lowest BCUT2D eigenvalue weighted by Gasteiger charge is -2.46. The number of nitrogens with zero attached hydrogens (tertiary/aromatic N) is 4. The van der Waals surface area contributed by atoms with Gasteiger partial charge in [0.05, 0.1) is 11.9 Å². The van der Waals surface area contributed by atoms with Crippen LogP contribution in [0.1, 0.15) is 55.4 Å². The molecule has 182 valence electrons. The fourth-order valence-electron chi connectivity index (χ4n) is 5.72. The van der Waals surface area contributed by atoms with E-state index in [2.05, 4.69) is 72.7 Å². The molecule has 0 amide bonds. The van der Waals surface area contributed by atoms with Crippen LogP contribution in [0, 0.1) is 5.41 Å². The predicted molar refractivity (Wildman–Crippen MR) is 144 cm³/mol. The van der Waals surface area contributed by atoms with Gasteiger partial charge in [-0.3, -0.25) is 9.67 Å². The lowest BCUT2D eigenvalue weighted by atomic mass is 9.64. The summed E-state index contributed by atoms with van der Waals surface area (Å²) in [6, 6.07) is 11.7. The van der Waals surface area contributed by atoms with Gasteiger partial charge in [-0.25, -0.2) is 0 Å². The van der Waals surface area contributed by atoms with Crippen LogP contribution in [0.25, 0.3) is 22.5 Å². The molecular weight excluding hydrogens is 430 g/mol. The van der Waals surface area contributed by atoms with E-state index in [9.17, 15) is 0 Å². The molecule has 1 aromatic carbocycles. The van der Waals surface area contributed by atoms with Gasteiger partial charge in [0.2, 0.25) is 0 Å². The van der Waals surface area contributed by atoms with E-state index < -0.39 is 0 Å². The number of nitrogens with one attached hydrogen (secondary N) is 1. The van der Waals surface area contributed by atoms with Gasteiger partial charge in [0.15, 0.2) is 0 Å². The van der Waals surface area contributed by atoms with E-state index in [0.29, 0.717) is 18.0 Å². The van der Waals surface area contributed by atoms with E-state index in [1.165, 1.54) is 49.1 Å². The van der Waals surface area contributed by atoms with Crippen LogP contribution in [-0.4, -0.2) is 38.8 Å². The van der Waals surface area contributed by atoms with Gasteiger partial charge in [0.25, 0.3) is 0 Å². The van der Waals surface area contributed by atoms with Crippen molar-refractivity contribution in [1.29, 1.82) is 0 Å². The minimum absolute atomic E-state index is 0.389. The molecule has 5 rings (SSSR count). The van der Waals surface area contributed by atoms with Crippen LogP contribution < -0.4 is 5.32 Å². The molecule has 5 nitrogen and oxygen atoms in total. The second kappa shape index (κ2) is 9.46. The van der Waals surface area contributed by atoms with Gasteiger partial charge in [0, 0.05) is 54.4 Å². The average molecular weight is 468 g/mol. The number of allylic oxidation sites excluding steroid dienone is 1. The summed E-state index contributed by atoms with van der Waals surface area (Å²) >= 11 is 0. The Morgan fingerprint density at radius 2 is 1.91 bits per heavy atom. The molecule has 0 saturated carbocycles. The Balaban J connectivity index is 1.27. The van der Waals surface area contributed by atoms with Crippen molar-refractivity contribution >= 4 is 11.3 Å². The molecule has 1 N–H and O–H groups in total. The summed E-state index contributed by atoms with van der Waals surface area (Å²) in [5, 5.41) is 7.58. The third-order valence-corrected chi connectivity index (χ3v) is 7.91. The maximum Gasteiger partial charge on any atom is 0.0702 e. The van der Waals surface area contributed by atoms with Gasteiger partial charge >= 0.3 is 0 Å². The molecular formula is C30H37N5. The number of aryl methyl sites for hydroxylation is 1. The lowest BCUT2D eigenvalue weighted by molar-refractivity contribution is 0.0837. The fourth-order valence-corrected chi connectivity index (χ4v) is 5.72. The molecule has 1 fully saturated rings. The SMILES string of the molecule is C=C(NCc1cnn(C)c1)c1ccc(-c2ccc3c(c2)C(=C)CC2(CCN(C(C)C)CC2)C3)nc1. The maximum atomic E-state index is 4.76. The normalized spacial score (nSPS) is 17.5. The molecule has 0 bridgehead atoms. The summed E-state index contributed by atoms with van der Waals surface area (Å²) in [5.74, 6) is 0. The molecule has 2 aromatic heterocycles. The van der Waals surface area contributed by atoms with Crippen molar-refractivity contribution < 1.29 is 0 Å². The van der Waals surface area contributed by atoms with Crippen molar-refractivity contribution in [2.24, 2.45) is 12.5 Å². The molecule has 3 aromatic rings. The second-order valence-corrected chi connectivity index (χ2v) is 10.7. The minimum Gasteiger partial charge on any atom is -0.381 e. The molecule has 1 aliphatic carbocycles. The standard InChI is InChI=1S/C30H37N5/c1-21(2)35-12-10-30(11-13-35)15-22(3)28-14-25(6-7-26(28)16-30)29-9-8-27(19-32-29)23(4)31-17-24-18-33-34(5)20-24/h6-9,14,18-21,31H,3-4,10-13,15-17H2,1-2,5H3. The monoisotopic (exact) mass is 467 g/mol. The average Bonchev–Trinajstić information content (AvgIpc) is 3.28. The number of benzene rings is 1. The molecule has 5 heteroatoms. The third kappa shape index (κ3) is 4.96. The van der Waals surface area contributed by atoms with Gasteiger partial charge in [-0.15, -0.1) is 0 Å². The van der Waals surface area contributed by atoms with Gasteiger partial charge < -0.3 is 10.2 Å². The number of rotatable bonds is 6. The molecule has 0 unspecified atom stereocenters. The van der Waals surface area contributed by atoms with Crippen molar-refractivity contribution in [3.63, 3.8) is 0 Å². The highest BCUT2D eigenvalue weighted by Gasteiger charge is 2.39. The number of piperidine rings is 1. The molecule has 1 saturated heterocycles. The number of hydrogen-bond donors (Lipinski definition) is 1. The van der Waals surface area contributed by atoms with Crippen molar-refractivity contribution in [2.45, 2.75) is 52.1 Å². The summed E-state index contributed by atoms with van der Waals surface area (Å²) in [7, 11) is 1.92. The lowest BCUT2D eigenvalue weighted by Crippen LogP contribution is -2.45. The van der Waals surface area contributed by atoms with Crippen LogP contribution in [0.5, 0.6) is 0 Å². The maximum absolute atomic E-state index is 4.76. The van der Waals surface area contributed by atoms with Crippen LogP contribution in [0.2, 0.25) is 0 Å². The van der Waals surface area contributed by atoms with E-state index in [0.717, 1.165) is 34.5 Å². The highest BCUT2D eigenvalue weighted by atomic mass is 15.2. The number of fused-ring (bicyclic) bond motifs is 1. The first kappa shape index (κ1) is 23.6. The Kier molecular flexibility index (Phi) is 6.37. The quantitative estimate of drug-likeness (QED) is 0.506. The van der Waals surface area contributed by atoms with E-state index in [1.807, 2.05) is 25.6 Å². The topological polar surface area (TPSA) is 46.0 Å². The Morgan fingerprint density at radius 1 is 1.11 bits per heavy atom. The summed E-state index contributed by atoms with van der Waals surface area (Å²) < 4.78 is 1.80. The molecule has 2 aliphatic rings. The van der Waals surface area contributed by atoms with Crippen LogP contribution in [-0.2, 0) is 20.0 Å². The number of aromatic nitrogens is 3. The third-order valence-electron chi connectivity index (χ3n) is 7.91. The van der Waals surface area contributed by atoms with E-state index in [1.54, 1.807) is 4.68 Å². The Bertz CT molecular complexity index is 1230. The van der Waals surface area contributed by atoms with Crippen LogP contribution >= 0.6 is 0 Å². The Labute approximate surface area is 209 Å². The first-order valence-electron chi connectivity index (χ1n) is 12.7. The molecule has 35 heavy (non-hydrogen) atoms. The number of likely N-dealkylation sites (tertiary alicyclic amines) is 1. The largest absolute Gasteiger partial charge is 0.381 e. The van der Waals surface area contributed by atoms with Crippen LogP contribution in [0.4, 0.5) is 0 Å². The predicted octanol–water partition coefficient (Wildman–Crippen LogP) is 5.69. The van der Waals surface area contributed by atoms with Crippen molar-refractivity contribution in [3.8, 4) is 11.3 Å². The highest BCUT2D eigenvalue weighted by Crippen LogP contribution is 2.48. The smallest absolute Gasteiger partial charge is 0.0702 e. The summed E-state index contributed by atoms with van der Waals surface area (Å²) in [6.07, 6.45) is 10.6. The van der Waals surface area contributed by atoms with E-state index >= 15 is 0 Å². The first-order chi connectivity index (χ1) is 16.8. The van der Waals surface area contributed by atoms with Crippen LogP contribution in [0.15, 0.2) is 62.1 Å². The van der Waals surface area contributed by atoms with Gasteiger partial charge in [-0.1, -0.05) is 25.3 Å². The highest BCUT2D eigenvalue weighted by molar-refractivity contribution is 5.75. The zero-order valence-corrected chi connectivity index (χ0v) is 21.3. The van der Waals surface area contributed by atoms with E-state index in [4.69, 9.17) is 4.98 Å². The zero-order chi connectivity index (χ0) is 24.6. The van der Waals surface area contributed by atoms with Crippen molar-refractivity contribution in [2.75, 3.05) is 13.1 Å². The molecule has 1 aliphatic heterocycles. The second-order valence-electron chi connectivity index (χ2n) is 10.7. The Hall–Kier alpha value is -3.18. The van der Waals surface area contributed by atoms with Crippen molar-refractivity contribution in [1.82, 2.24) is 25.0 Å². The molecule has 1 spiro atoms.